The summed E-state index contributed by atoms with van der Waals surface area (Å²) in [7, 11) is 0. The zero-order chi connectivity index (χ0) is 14.3. The fourth-order valence-electron chi connectivity index (χ4n) is 2.37. The predicted molar refractivity (Wildman–Crippen MR) is 70.8 cm³/mol. The van der Waals surface area contributed by atoms with Gasteiger partial charge in [0.25, 0.3) is 0 Å². The topological polar surface area (TPSA) is 29.5 Å². The number of aliphatic hydroxyl groups is 1. The Bertz CT molecular complexity index is 660. The Kier molecular flexibility index (Phi) is 3.36. The maximum Gasteiger partial charge on any atom is 0.128 e. The van der Waals surface area contributed by atoms with Gasteiger partial charge in [0.1, 0.15) is 23.5 Å². The second kappa shape index (κ2) is 5.04. The molecule has 5 heteroatoms. The average molecular weight is 297 g/mol. The maximum atomic E-state index is 13.2. The van der Waals surface area contributed by atoms with E-state index in [9.17, 15) is 13.9 Å². The highest BCUT2D eigenvalue weighted by molar-refractivity contribution is 6.31. The Morgan fingerprint density at radius 3 is 2.40 bits per heavy atom. The van der Waals surface area contributed by atoms with Crippen LogP contribution in [0, 0.1) is 11.6 Å². The van der Waals surface area contributed by atoms with E-state index >= 15 is 0 Å². The lowest BCUT2D eigenvalue weighted by Crippen LogP contribution is -2.19. The number of hydrogen-bond donors (Lipinski definition) is 1. The van der Waals surface area contributed by atoms with E-state index < -0.39 is 23.8 Å². The van der Waals surface area contributed by atoms with Gasteiger partial charge >= 0.3 is 0 Å². The molecule has 1 N–H and O–H groups in total. The van der Waals surface area contributed by atoms with Crippen LogP contribution in [0.2, 0.25) is 5.02 Å². The SMILES string of the molecule is O[C@@H]1CC(c2ccc(F)cc2Cl)Oc2cc(F)ccc21. The minimum absolute atomic E-state index is 0.224. The summed E-state index contributed by atoms with van der Waals surface area (Å²) in [5.41, 5.74) is 1.11. The van der Waals surface area contributed by atoms with Crippen LogP contribution in [0.3, 0.4) is 0 Å². The normalized spacial score (nSPS) is 21.2. The fraction of sp³-hybridized carbons (Fsp3) is 0.200. The Morgan fingerprint density at radius 2 is 1.70 bits per heavy atom. The first-order chi connectivity index (χ1) is 9.54. The van der Waals surface area contributed by atoms with Gasteiger partial charge in [-0.1, -0.05) is 17.7 Å². The largest absolute Gasteiger partial charge is 0.485 e. The van der Waals surface area contributed by atoms with Crippen LogP contribution in [0.4, 0.5) is 8.78 Å². The van der Waals surface area contributed by atoms with E-state index in [0.29, 0.717) is 11.1 Å². The quantitative estimate of drug-likeness (QED) is 0.855. The Hall–Kier alpha value is -1.65. The molecule has 1 aliphatic rings. The molecular formula is C15H11ClF2O2. The number of rotatable bonds is 1. The van der Waals surface area contributed by atoms with E-state index in [4.69, 9.17) is 16.3 Å². The Morgan fingerprint density at radius 1 is 1.05 bits per heavy atom. The standard InChI is InChI=1S/C15H11ClF2O2/c16-12-5-8(17)1-3-10(12)15-7-13(19)11-4-2-9(18)6-14(11)20-15/h1-6,13,15,19H,7H2/t13-,15?/m1/s1. The van der Waals surface area contributed by atoms with Gasteiger partial charge in [0.05, 0.1) is 11.1 Å². The minimum Gasteiger partial charge on any atom is -0.485 e. The smallest absolute Gasteiger partial charge is 0.128 e. The second-order valence-corrected chi connectivity index (χ2v) is 5.11. The van der Waals surface area contributed by atoms with Crippen LogP contribution >= 0.6 is 11.6 Å². The van der Waals surface area contributed by atoms with Crippen LogP contribution in [-0.2, 0) is 0 Å². The van der Waals surface area contributed by atoms with Gasteiger partial charge in [-0.25, -0.2) is 8.78 Å². The zero-order valence-corrected chi connectivity index (χ0v) is 11.1. The van der Waals surface area contributed by atoms with E-state index in [0.717, 1.165) is 0 Å². The maximum absolute atomic E-state index is 13.2. The summed E-state index contributed by atoms with van der Waals surface area (Å²) >= 11 is 5.99. The van der Waals surface area contributed by atoms with Crippen LogP contribution in [0.5, 0.6) is 5.75 Å². The Labute approximate surface area is 119 Å². The van der Waals surface area contributed by atoms with Crippen molar-refractivity contribution < 1.29 is 18.6 Å². The summed E-state index contributed by atoms with van der Waals surface area (Å²) in [6, 6.07) is 7.97. The Balaban J connectivity index is 1.98. The van der Waals surface area contributed by atoms with Crippen molar-refractivity contribution in [3.8, 4) is 5.75 Å². The summed E-state index contributed by atoms with van der Waals surface area (Å²) < 4.78 is 32.0. The van der Waals surface area contributed by atoms with Gasteiger partial charge < -0.3 is 9.84 Å². The number of halogens is 3. The lowest BCUT2D eigenvalue weighted by Gasteiger charge is -2.30. The third-order valence-corrected chi connectivity index (χ3v) is 3.68. The van der Waals surface area contributed by atoms with Crippen molar-refractivity contribution in [2.45, 2.75) is 18.6 Å². The summed E-state index contributed by atoms with van der Waals surface area (Å²) in [6.07, 6.45) is -1.03. The molecule has 0 saturated heterocycles. The number of ether oxygens (including phenoxy) is 1. The number of aliphatic hydroxyl groups excluding tert-OH is 1. The van der Waals surface area contributed by atoms with Gasteiger partial charge in [0, 0.05) is 23.6 Å². The molecule has 2 aromatic carbocycles. The number of benzene rings is 2. The number of hydrogen-bond acceptors (Lipinski definition) is 2. The van der Waals surface area contributed by atoms with Gasteiger partial charge in [-0.15, -0.1) is 0 Å². The summed E-state index contributed by atoms with van der Waals surface area (Å²) in [6.45, 7) is 0. The van der Waals surface area contributed by atoms with Crippen molar-refractivity contribution in [3.05, 3.63) is 64.2 Å². The molecule has 0 spiro atoms. The average Bonchev–Trinajstić information content (AvgIpc) is 2.37. The first-order valence-electron chi connectivity index (χ1n) is 6.13. The van der Waals surface area contributed by atoms with Crippen molar-refractivity contribution in [1.29, 1.82) is 0 Å². The van der Waals surface area contributed by atoms with Crippen LogP contribution in [0.1, 0.15) is 29.8 Å². The molecular weight excluding hydrogens is 286 g/mol. The van der Waals surface area contributed by atoms with Crippen molar-refractivity contribution in [3.63, 3.8) is 0 Å². The molecule has 0 radical (unpaired) electrons. The van der Waals surface area contributed by atoms with Crippen LogP contribution in [0.25, 0.3) is 0 Å². The van der Waals surface area contributed by atoms with Crippen molar-refractivity contribution in [2.75, 3.05) is 0 Å². The molecule has 1 unspecified atom stereocenters. The third kappa shape index (κ3) is 2.37. The molecule has 0 aromatic heterocycles. The highest BCUT2D eigenvalue weighted by Gasteiger charge is 2.29. The molecule has 2 aromatic rings. The molecule has 0 bridgehead atoms. The van der Waals surface area contributed by atoms with Crippen LogP contribution in [0.15, 0.2) is 36.4 Å². The molecule has 0 saturated carbocycles. The summed E-state index contributed by atoms with van der Waals surface area (Å²) in [5.74, 6) is -0.600. The van der Waals surface area contributed by atoms with Gasteiger partial charge in [0.2, 0.25) is 0 Å². The molecule has 20 heavy (non-hydrogen) atoms. The molecule has 104 valence electrons. The zero-order valence-electron chi connectivity index (χ0n) is 10.3. The van der Waals surface area contributed by atoms with Crippen LogP contribution in [-0.4, -0.2) is 5.11 Å². The number of fused-ring (bicyclic) bond motifs is 1. The lowest BCUT2D eigenvalue weighted by atomic mass is 9.95. The molecule has 0 fully saturated rings. The fourth-order valence-corrected chi connectivity index (χ4v) is 2.66. The molecule has 2 atom stereocenters. The van der Waals surface area contributed by atoms with E-state index in [1.807, 2.05) is 0 Å². The molecule has 1 aliphatic heterocycles. The van der Waals surface area contributed by atoms with Gasteiger partial charge in [-0.05, 0) is 24.3 Å². The first-order valence-corrected chi connectivity index (χ1v) is 6.51. The monoisotopic (exact) mass is 296 g/mol. The second-order valence-electron chi connectivity index (χ2n) is 4.71. The van der Waals surface area contributed by atoms with E-state index in [1.165, 1.54) is 36.4 Å². The minimum atomic E-state index is -0.773. The summed E-state index contributed by atoms with van der Waals surface area (Å²) in [5, 5.41) is 10.3. The molecule has 0 amide bonds. The van der Waals surface area contributed by atoms with E-state index in [1.54, 1.807) is 0 Å². The van der Waals surface area contributed by atoms with Crippen molar-refractivity contribution in [2.24, 2.45) is 0 Å². The van der Waals surface area contributed by atoms with Gasteiger partial charge in [0.15, 0.2) is 0 Å². The van der Waals surface area contributed by atoms with Gasteiger partial charge in [-0.2, -0.15) is 0 Å². The highest BCUT2D eigenvalue weighted by Crippen LogP contribution is 2.42. The first kappa shape index (κ1) is 13.3. The molecule has 3 rings (SSSR count). The third-order valence-electron chi connectivity index (χ3n) is 3.35. The molecule has 2 nitrogen and oxygen atoms in total. The lowest BCUT2D eigenvalue weighted by molar-refractivity contribution is 0.0654. The van der Waals surface area contributed by atoms with E-state index in [2.05, 4.69) is 0 Å². The highest BCUT2D eigenvalue weighted by atomic mass is 35.5. The van der Waals surface area contributed by atoms with Crippen molar-refractivity contribution >= 4 is 11.6 Å². The molecule has 1 heterocycles. The summed E-state index contributed by atoms with van der Waals surface area (Å²) in [4.78, 5) is 0. The van der Waals surface area contributed by atoms with E-state index in [-0.39, 0.29) is 17.2 Å². The van der Waals surface area contributed by atoms with Crippen molar-refractivity contribution in [1.82, 2.24) is 0 Å². The molecule has 0 aliphatic carbocycles. The van der Waals surface area contributed by atoms with Gasteiger partial charge in [-0.3, -0.25) is 0 Å². The predicted octanol–water partition coefficient (Wildman–Crippen LogP) is 4.18. The van der Waals surface area contributed by atoms with Crippen LogP contribution < -0.4 is 4.74 Å².